The van der Waals surface area contributed by atoms with Crippen molar-refractivity contribution in [2.24, 2.45) is 17.8 Å². The number of likely N-dealkylation sites (tertiary alicyclic amines) is 1. The Morgan fingerprint density at radius 1 is 1.47 bits per heavy atom. The van der Waals surface area contributed by atoms with Crippen LogP contribution in [0.25, 0.3) is 0 Å². The van der Waals surface area contributed by atoms with E-state index in [2.05, 4.69) is 20.4 Å². The zero-order valence-electron chi connectivity index (χ0n) is 11.1. The standard InChI is InChI=1S/C14H23NO2/c1-5-8-15-13(16)9-11(4)12(14(15)17)7-6-10(2)3/h5,10-12H,1,6-9H2,2-4H3/t11-,12-/m0/s1. The van der Waals surface area contributed by atoms with Gasteiger partial charge in [-0.15, -0.1) is 6.58 Å². The number of hydrogen-bond donors (Lipinski definition) is 0. The van der Waals surface area contributed by atoms with E-state index in [1.165, 1.54) is 4.90 Å². The summed E-state index contributed by atoms with van der Waals surface area (Å²) >= 11 is 0. The summed E-state index contributed by atoms with van der Waals surface area (Å²) in [7, 11) is 0. The molecule has 2 amide bonds. The average molecular weight is 237 g/mol. The Hall–Kier alpha value is -1.12. The lowest BCUT2D eigenvalue weighted by Gasteiger charge is -2.34. The van der Waals surface area contributed by atoms with Gasteiger partial charge in [-0.3, -0.25) is 14.5 Å². The summed E-state index contributed by atoms with van der Waals surface area (Å²) < 4.78 is 0. The van der Waals surface area contributed by atoms with Crippen molar-refractivity contribution in [1.29, 1.82) is 0 Å². The van der Waals surface area contributed by atoms with Crippen LogP contribution in [0.3, 0.4) is 0 Å². The Bertz CT molecular complexity index is 309. The average Bonchev–Trinajstić information content (AvgIpc) is 2.23. The molecular weight excluding hydrogens is 214 g/mol. The van der Waals surface area contributed by atoms with Crippen molar-refractivity contribution < 1.29 is 9.59 Å². The predicted molar refractivity (Wildman–Crippen MR) is 68.3 cm³/mol. The molecule has 3 heteroatoms. The summed E-state index contributed by atoms with van der Waals surface area (Å²) in [4.78, 5) is 25.3. The lowest BCUT2D eigenvalue weighted by atomic mass is 9.81. The molecule has 0 aromatic heterocycles. The Morgan fingerprint density at radius 3 is 2.65 bits per heavy atom. The predicted octanol–water partition coefficient (Wildman–Crippen LogP) is 2.62. The fourth-order valence-corrected chi connectivity index (χ4v) is 2.34. The second-order valence-electron chi connectivity index (χ2n) is 5.39. The van der Waals surface area contributed by atoms with Crippen LogP contribution in [-0.2, 0) is 9.59 Å². The number of piperidine rings is 1. The maximum Gasteiger partial charge on any atom is 0.232 e. The molecule has 0 spiro atoms. The summed E-state index contributed by atoms with van der Waals surface area (Å²) in [6.07, 6.45) is 4.03. The van der Waals surface area contributed by atoms with Crippen LogP contribution in [0.15, 0.2) is 12.7 Å². The molecule has 0 radical (unpaired) electrons. The molecule has 96 valence electrons. The maximum atomic E-state index is 12.2. The van der Waals surface area contributed by atoms with E-state index in [4.69, 9.17) is 0 Å². The third-order valence-corrected chi connectivity index (χ3v) is 3.43. The first-order valence-electron chi connectivity index (χ1n) is 6.42. The van der Waals surface area contributed by atoms with Crippen molar-refractivity contribution in [3.63, 3.8) is 0 Å². The van der Waals surface area contributed by atoms with Crippen LogP contribution in [0.2, 0.25) is 0 Å². The third kappa shape index (κ3) is 3.42. The van der Waals surface area contributed by atoms with Crippen molar-refractivity contribution in [2.45, 2.75) is 40.0 Å². The highest BCUT2D eigenvalue weighted by Gasteiger charge is 2.38. The van der Waals surface area contributed by atoms with Crippen molar-refractivity contribution in [3.8, 4) is 0 Å². The highest BCUT2D eigenvalue weighted by molar-refractivity contribution is 5.99. The van der Waals surface area contributed by atoms with Gasteiger partial charge >= 0.3 is 0 Å². The van der Waals surface area contributed by atoms with Crippen LogP contribution < -0.4 is 0 Å². The Kier molecular flexibility index (Phi) is 4.91. The van der Waals surface area contributed by atoms with Gasteiger partial charge < -0.3 is 0 Å². The van der Waals surface area contributed by atoms with Crippen molar-refractivity contribution in [1.82, 2.24) is 4.90 Å². The van der Waals surface area contributed by atoms with E-state index >= 15 is 0 Å². The Balaban J connectivity index is 2.71. The molecule has 0 unspecified atom stereocenters. The van der Waals surface area contributed by atoms with Gasteiger partial charge in [-0.05, 0) is 18.3 Å². The Morgan fingerprint density at radius 2 is 2.12 bits per heavy atom. The summed E-state index contributed by atoms with van der Waals surface area (Å²) in [6.45, 7) is 10.3. The highest BCUT2D eigenvalue weighted by atomic mass is 16.2. The minimum Gasteiger partial charge on any atom is -0.279 e. The third-order valence-electron chi connectivity index (χ3n) is 3.43. The molecule has 1 aliphatic heterocycles. The van der Waals surface area contributed by atoms with Crippen LogP contribution >= 0.6 is 0 Å². The highest BCUT2D eigenvalue weighted by Crippen LogP contribution is 2.30. The van der Waals surface area contributed by atoms with Crippen LogP contribution in [0, 0.1) is 17.8 Å². The van der Waals surface area contributed by atoms with E-state index in [1.54, 1.807) is 6.08 Å². The molecule has 1 saturated heterocycles. The van der Waals surface area contributed by atoms with E-state index in [0.29, 0.717) is 18.9 Å². The number of imide groups is 1. The normalized spacial score (nSPS) is 25.5. The van der Waals surface area contributed by atoms with Crippen LogP contribution in [0.4, 0.5) is 0 Å². The first-order valence-corrected chi connectivity index (χ1v) is 6.42. The molecule has 0 aromatic carbocycles. The Labute approximate surface area is 104 Å². The molecule has 1 rings (SSSR count). The van der Waals surface area contributed by atoms with Gasteiger partial charge in [0.25, 0.3) is 0 Å². The summed E-state index contributed by atoms with van der Waals surface area (Å²) in [5, 5.41) is 0. The summed E-state index contributed by atoms with van der Waals surface area (Å²) in [6, 6.07) is 0. The van der Waals surface area contributed by atoms with E-state index in [9.17, 15) is 9.59 Å². The number of carbonyl (C=O) groups excluding carboxylic acids is 2. The van der Waals surface area contributed by atoms with Gasteiger partial charge in [0, 0.05) is 18.9 Å². The lowest BCUT2D eigenvalue weighted by Crippen LogP contribution is -2.48. The molecule has 0 aromatic rings. The fraction of sp³-hybridized carbons (Fsp3) is 0.714. The van der Waals surface area contributed by atoms with Gasteiger partial charge in [0.2, 0.25) is 11.8 Å². The quantitative estimate of drug-likeness (QED) is 0.544. The monoisotopic (exact) mass is 237 g/mol. The van der Waals surface area contributed by atoms with Gasteiger partial charge in [-0.2, -0.15) is 0 Å². The second kappa shape index (κ2) is 5.99. The van der Waals surface area contributed by atoms with Crippen molar-refractivity contribution >= 4 is 11.8 Å². The molecule has 0 saturated carbocycles. The fourth-order valence-electron chi connectivity index (χ4n) is 2.34. The van der Waals surface area contributed by atoms with E-state index < -0.39 is 0 Å². The van der Waals surface area contributed by atoms with Gasteiger partial charge in [0.1, 0.15) is 0 Å². The molecule has 3 nitrogen and oxygen atoms in total. The molecule has 17 heavy (non-hydrogen) atoms. The summed E-state index contributed by atoms with van der Waals surface area (Å²) in [5.74, 6) is 0.725. The molecule has 0 N–H and O–H groups in total. The number of carbonyl (C=O) groups is 2. The molecule has 1 aliphatic rings. The second-order valence-corrected chi connectivity index (χ2v) is 5.39. The molecule has 0 aliphatic carbocycles. The van der Waals surface area contributed by atoms with Gasteiger partial charge in [-0.1, -0.05) is 33.3 Å². The minimum absolute atomic E-state index is 0.00528. The lowest BCUT2D eigenvalue weighted by molar-refractivity contribution is -0.153. The van der Waals surface area contributed by atoms with Gasteiger partial charge in [0.15, 0.2) is 0 Å². The van der Waals surface area contributed by atoms with E-state index in [1.807, 2.05) is 6.92 Å². The first kappa shape index (κ1) is 13.9. The van der Waals surface area contributed by atoms with E-state index in [0.717, 1.165) is 12.8 Å². The molecule has 0 bridgehead atoms. The van der Waals surface area contributed by atoms with Gasteiger partial charge in [-0.25, -0.2) is 0 Å². The number of hydrogen-bond acceptors (Lipinski definition) is 2. The number of amides is 2. The van der Waals surface area contributed by atoms with E-state index in [-0.39, 0.29) is 23.7 Å². The van der Waals surface area contributed by atoms with Crippen LogP contribution in [0.5, 0.6) is 0 Å². The first-order chi connectivity index (χ1) is 7.97. The number of nitrogens with zero attached hydrogens (tertiary/aromatic N) is 1. The zero-order chi connectivity index (χ0) is 13.0. The maximum absolute atomic E-state index is 12.2. The van der Waals surface area contributed by atoms with Crippen LogP contribution in [0.1, 0.15) is 40.0 Å². The molecule has 1 heterocycles. The van der Waals surface area contributed by atoms with Crippen LogP contribution in [-0.4, -0.2) is 23.3 Å². The minimum atomic E-state index is -0.0526. The molecular formula is C14H23NO2. The van der Waals surface area contributed by atoms with Gasteiger partial charge in [0.05, 0.1) is 0 Å². The topological polar surface area (TPSA) is 37.4 Å². The smallest absolute Gasteiger partial charge is 0.232 e. The SMILES string of the molecule is C=CCN1C(=O)C[C@H](C)[C@H](CCC(C)C)C1=O. The largest absolute Gasteiger partial charge is 0.279 e. The molecule has 2 atom stereocenters. The molecule has 1 fully saturated rings. The van der Waals surface area contributed by atoms with Crippen molar-refractivity contribution in [2.75, 3.05) is 6.54 Å². The zero-order valence-corrected chi connectivity index (χ0v) is 11.1. The summed E-state index contributed by atoms with van der Waals surface area (Å²) in [5.41, 5.74) is 0. The number of rotatable bonds is 5. The van der Waals surface area contributed by atoms with Crippen molar-refractivity contribution in [3.05, 3.63) is 12.7 Å².